The van der Waals surface area contributed by atoms with E-state index in [0.717, 1.165) is 0 Å². The normalized spacial score (nSPS) is 26.9. The summed E-state index contributed by atoms with van der Waals surface area (Å²) in [4.78, 5) is 12.0. The first-order chi connectivity index (χ1) is 9.13. The van der Waals surface area contributed by atoms with Gasteiger partial charge < -0.3 is 25.6 Å². The number of aromatic nitrogens is 4. The van der Waals surface area contributed by atoms with Gasteiger partial charge in [0, 0.05) is 0 Å². The third-order valence-electron chi connectivity index (χ3n) is 3.33. The van der Waals surface area contributed by atoms with Crippen molar-refractivity contribution in [3.05, 3.63) is 24.3 Å². The smallest absolute Gasteiger partial charge is 0.166 e. The summed E-state index contributed by atoms with van der Waals surface area (Å²) in [6, 6.07) is -0.545. The number of anilines is 1. The zero-order chi connectivity index (χ0) is 13.6. The van der Waals surface area contributed by atoms with Crippen molar-refractivity contribution in [2.75, 3.05) is 12.3 Å². The van der Waals surface area contributed by atoms with E-state index in [1.165, 1.54) is 12.7 Å². The lowest BCUT2D eigenvalue weighted by molar-refractivity contribution is 0.0287. The first kappa shape index (κ1) is 12.0. The third kappa shape index (κ3) is 1.69. The third-order valence-corrected chi connectivity index (χ3v) is 3.33. The highest BCUT2D eigenvalue weighted by atomic mass is 16.3. The summed E-state index contributed by atoms with van der Waals surface area (Å²) in [7, 11) is 0. The molecule has 8 heteroatoms. The molecular formula is C11H13N5O3. The van der Waals surface area contributed by atoms with Crippen LogP contribution in [0.4, 0.5) is 5.82 Å². The number of rotatable bonds is 2. The van der Waals surface area contributed by atoms with Gasteiger partial charge in [0.25, 0.3) is 0 Å². The zero-order valence-corrected chi connectivity index (χ0v) is 9.88. The minimum atomic E-state index is -1.09. The second kappa shape index (κ2) is 4.26. The molecule has 0 saturated heterocycles. The van der Waals surface area contributed by atoms with Gasteiger partial charge in [-0.2, -0.15) is 0 Å². The van der Waals surface area contributed by atoms with E-state index in [9.17, 15) is 10.2 Å². The van der Waals surface area contributed by atoms with Gasteiger partial charge in [0.15, 0.2) is 11.5 Å². The average molecular weight is 263 g/mol. The summed E-state index contributed by atoms with van der Waals surface area (Å²) >= 11 is 0. The maximum absolute atomic E-state index is 10.0. The standard InChI is InChI=1S/C11H13N5O3/c12-10-7-11(14-3-13-10)16(4-15-7)6-1-5(2-17)8(18)9(6)19/h1,3-4,6,8-9,17-19H,2H2,(H2,12,13,14)/t6-,8-,9-/m1/s1. The lowest BCUT2D eigenvalue weighted by atomic mass is 10.1. The van der Waals surface area contributed by atoms with Crippen LogP contribution in [0.1, 0.15) is 6.04 Å². The van der Waals surface area contributed by atoms with Crippen LogP contribution in [0.3, 0.4) is 0 Å². The number of aliphatic hydroxyl groups excluding tert-OH is 3. The Morgan fingerprint density at radius 1 is 1.26 bits per heavy atom. The predicted molar refractivity (Wildman–Crippen MR) is 66.0 cm³/mol. The molecule has 3 rings (SSSR count). The van der Waals surface area contributed by atoms with Crippen molar-refractivity contribution in [2.45, 2.75) is 18.2 Å². The summed E-state index contributed by atoms with van der Waals surface area (Å²) in [6.45, 7) is -0.307. The van der Waals surface area contributed by atoms with Crippen molar-refractivity contribution in [2.24, 2.45) is 0 Å². The van der Waals surface area contributed by atoms with E-state index in [2.05, 4.69) is 15.0 Å². The second-order valence-corrected chi connectivity index (χ2v) is 4.41. The Morgan fingerprint density at radius 3 is 2.74 bits per heavy atom. The minimum Gasteiger partial charge on any atom is -0.392 e. The van der Waals surface area contributed by atoms with Crippen molar-refractivity contribution >= 4 is 17.0 Å². The summed E-state index contributed by atoms with van der Waals surface area (Å²) in [6.07, 6.45) is 2.24. The Kier molecular flexibility index (Phi) is 2.70. The topological polar surface area (TPSA) is 130 Å². The number of hydrogen-bond donors (Lipinski definition) is 4. The molecule has 0 bridgehead atoms. The molecule has 0 spiro atoms. The zero-order valence-electron chi connectivity index (χ0n) is 9.88. The lowest BCUT2D eigenvalue weighted by Crippen LogP contribution is -2.30. The van der Waals surface area contributed by atoms with Crippen LogP contribution in [0.5, 0.6) is 0 Å². The van der Waals surface area contributed by atoms with Gasteiger partial charge >= 0.3 is 0 Å². The Balaban J connectivity index is 2.11. The van der Waals surface area contributed by atoms with Crippen molar-refractivity contribution in [3.63, 3.8) is 0 Å². The average Bonchev–Trinajstić information content (AvgIpc) is 2.94. The summed E-state index contributed by atoms with van der Waals surface area (Å²) in [5.74, 6) is 0.253. The van der Waals surface area contributed by atoms with E-state index in [-0.39, 0.29) is 12.4 Å². The fourth-order valence-electron chi connectivity index (χ4n) is 2.30. The van der Waals surface area contributed by atoms with Crippen LogP contribution in [0.2, 0.25) is 0 Å². The summed E-state index contributed by atoms with van der Waals surface area (Å²) < 4.78 is 1.60. The molecule has 5 N–H and O–H groups in total. The van der Waals surface area contributed by atoms with Crippen LogP contribution in [0.25, 0.3) is 11.2 Å². The Hall–Kier alpha value is -2.03. The van der Waals surface area contributed by atoms with E-state index >= 15 is 0 Å². The molecule has 8 nitrogen and oxygen atoms in total. The molecule has 100 valence electrons. The van der Waals surface area contributed by atoms with E-state index < -0.39 is 18.2 Å². The molecule has 0 aromatic carbocycles. The lowest BCUT2D eigenvalue weighted by Gasteiger charge is -2.18. The minimum absolute atomic E-state index is 0.253. The molecule has 19 heavy (non-hydrogen) atoms. The Morgan fingerprint density at radius 2 is 2.05 bits per heavy atom. The van der Waals surface area contributed by atoms with Gasteiger partial charge in [0.05, 0.1) is 19.0 Å². The molecule has 2 aromatic heterocycles. The van der Waals surface area contributed by atoms with Crippen LogP contribution < -0.4 is 5.73 Å². The van der Waals surface area contributed by atoms with E-state index in [0.29, 0.717) is 16.7 Å². The van der Waals surface area contributed by atoms with Gasteiger partial charge in [-0.1, -0.05) is 6.08 Å². The molecule has 0 aliphatic heterocycles. The van der Waals surface area contributed by atoms with Crippen LogP contribution in [0.15, 0.2) is 24.3 Å². The Bertz CT molecular complexity index is 653. The maximum atomic E-state index is 10.0. The number of nitrogen functional groups attached to an aromatic ring is 1. The molecule has 2 heterocycles. The molecule has 2 aromatic rings. The van der Waals surface area contributed by atoms with Gasteiger partial charge in [-0.3, -0.25) is 0 Å². The fourth-order valence-corrected chi connectivity index (χ4v) is 2.30. The second-order valence-electron chi connectivity index (χ2n) is 4.41. The van der Waals surface area contributed by atoms with Crippen LogP contribution in [-0.2, 0) is 0 Å². The molecule has 0 fully saturated rings. The van der Waals surface area contributed by atoms with E-state index in [4.69, 9.17) is 10.8 Å². The maximum Gasteiger partial charge on any atom is 0.166 e. The first-order valence-electron chi connectivity index (χ1n) is 5.74. The van der Waals surface area contributed by atoms with Gasteiger partial charge in [0.2, 0.25) is 0 Å². The highest BCUT2D eigenvalue weighted by Crippen LogP contribution is 2.31. The molecule has 0 amide bonds. The monoisotopic (exact) mass is 263 g/mol. The van der Waals surface area contributed by atoms with Gasteiger partial charge in [0.1, 0.15) is 24.1 Å². The number of aliphatic hydroxyl groups is 3. The SMILES string of the molecule is Nc1ncnc2c1ncn2[C@@H]1C=C(CO)[C@@H](O)[C@@H]1O. The van der Waals surface area contributed by atoms with Crippen molar-refractivity contribution < 1.29 is 15.3 Å². The number of fused-ring (bicyclic) bond motifs is 1. The van der Waals surface area contributed by atoms with E-state index in [1.807, 2.05) is 0 Å². The quantitative estimate of drug-likeness (QED) is 0.490. The summed E-state index contributed by atoms with van der Waals surface area (Å²) in [5, 5.41) is 28.9. The predicted octanol–water partition coefficient (Wildman–Crippen LogP) is -1.40. The van der Waals surface area contributed by atoms with E-state index in [1.54, 1.807) is 10.6 Å². The largest absolute Gasteiger partial charge is 0.392 e. The van der Waals surface area contributed by atoms with Crippen LogP contribution in [0, 0.1) is 0 Å². The van der Waals surface area contributed by atoms with Crippen LogP contribution >= 0.6 is 0 Å². The number of imidazole rings is 1. The van der Waals surface area contributed by atoms with Gasteiger partial charge in [-0.05, 0) is 5.57 Å². The van der Waals surface area contributed by atoms with Crippen LogP contribution in [-0.4, -0.2) is 53.7 Å². The first-order valence-corrected chi connectivity index (χ1v) is 5.74. The highest BCUT2D eigenvalue weighted by Gasteiger charge is 2.36. The molecule has 0 saturated carbocycles. The van der Waals surface area contributed by atoms with Crippen molar-refractivity contribution in [1.29, 1.82) is 0 Å². The summed E-state index contributed by atoms with van der Waals surface area (Å²) in [5.41, 5.74) is 6.98. The highest BCUT2D eigenvalue weighted by molar-refractivity contribution is 5.81. The fraction of sp³-hybridized carbons (Fsp3) is 0.364. The molecule has 1 aliphatic carbocycles. The molecule has 3 atom stereocenters. The number of nitrogens with two attached hydrogens (primary N) is 1. The molecular weight excluding hydrogens is 250 g/mol. The van der Waals surface area contributed by atoms with Crippen molar-refractivity contribution in [3.8, 4) is 0 Å². The van der Waals surface area contributed by atoms with Gasteiger partial charge in [-0.25, -0.2) is 15.0 Å². The molecule has 1 aliphatic rings. The number of nitrogens with zero attached hydrogens (tertiary/aromatic N) is 4. The van der Waals surface area contributed by atoms with Crippen molar-refractivity contribution in [1.82, 2.24) is 19.5 Å². The molecule has 0 radical (unpaired) electrons. The number of hydrogen-bond acceptors (Lipinski definition) is 7. The molecule has 0 unspecified atom stereocenters. The Labute approximate surface area is 107 Å². The van der Waals surface area contributed by atoms with Gasteiger partial charge in [-0.15, -0.1) is 0 Å².